The fourth-order valence-corrected chi connectivity index (χ4v) is 2.10. The molecular weight excluding hydrogens is 232 g/mol. The molecule has 0 aromatic carbocycles. The van der Waals surface area contributed by atoms with Gasteiger partial charge in [0.05, 0.1) is 5.92 Å². The molecule has 1 aliphatic carbocycles. The molecule has 4 nitrogen and oxygen atoms in total. The summed E-state index contributed by atoms with van der Waals surface area (Å²) in [5.41, 5.74) is -0.684. The monoisotopic (exact) mass is 248 g/mol. The first-order valence-electron chi connectivity index (χ1n) is 5.56. The summed E-state index contributed by atoms with van der Waals surface area (Å²) >= 11 is 0. The van der Waals surface area contributed by atoms with Crippen LogP contribution in [0.5, 0.6) is 0 Å². The lowest BCUT2D eigenvalue weighted by atomic mass is 9.69. The van der Waals surface area contributed by atoms with Crippen LogP contribution in [0, 0.1) is 11.3 Å². The summed E-state index contributed by atoms with van der Waals surface area (Å²) in [6, 6.07) is 0. The highest BCUT2D eigenvalue weighted by molar-refractivity contribution is 5.87. The van der Waals surface area contributed by atoms with E-state index in [0.717, 1.165) is 5.57 Å². The number of carbonyl (C=O) groups is 2. The van der Waals surface area contributed by atoms with Crippen molar-refractivity contribution in [3.8, 4) is 0 Å². The zero-order valence-electron chi connectivity index (χ0n) is 10.0. The van der Waals surface area contributed by atoms with E-state index in [2.05, 4.69) is 13.2 Å². The summed E-state index contributed by atoms with van der Waals surface area (Å²) in [5.74, 6) is -3.39. The van der Waals surface area contributed by atoms with Gasteiger partial charge in [0, 0.05) is 0 Å². The van der Waals surface area contributed by atoms with Crippen LogP contribution in [0.2, 0.25) is 0 Å². The molecule has 18 heavy (non-hydrogen) atoms. The largest absolute Gasteiger partial charge is 0.481 e. The average Bonchev–Trinajstić information content (AvgIpc) is 2.31. The molecule has 1 aliphatic rings. The zero-order chi connectivity index (χ0) is 13.8. The molecule has 0 aromatic rings. The van der Waals surface area contributed by atoms with Crippen molar-refractivity contribution in [2.24, 2.45) is 11.3 Å². The van der Waals surface area contributed by atoms with Crippen molar-refractivity contribution in [1.29, 1.82) is 0 Å². The van der Waals surface area contributed by atoms with Crippen LogP contribution in [-0.4, -0.2) is 22.2 Å². The normalized spacial score (nSPS) is 26.2. The van der Waals surface area contributed by atoms with Gasteiger partial charge >= 0.3 is 11.9 Å². The van der Waals surface area contributed by atoms with Crippen LogP contribution >= 0.6 is 0 Å². The first-order chi connectivity index (χ1) is 8.47. The minimum absolute atomic E-state index is 0.0771. The van der Waals surface area contributed by atoms with Crippen molar-refractivity contribution in [2.75, 3.05) is 0 Å². The first-order valence-corrected chi connectivity index (χ1v) is 5.56. The Balaban J connectivity index is 3.24. The van der Waals surface area contributed by atoms with Crippen LogP contribution in [-0.2, 0) is 9.59 Å². The molecule has 2 N–H and O–H groups in total. The van der Waals surface area contributed by atoms with Gasteiger partial charge in [-0.05, 0) is 18.4 Å². The van der Waals surface area contributed by atoms with Gasteiger partial charge in [-0.3, -0.25) is 9.59 Å². The standard InChI is InChI=1S/C14H16O4/c1-3-5-10-6-8-14(7-4-2,13(17)18)11(9-10)12(15)16/h3-4,6,8-9,11H,1-2,5,7H2,(H,15,16)(H,17,18). The number of carboxylic acid groups (broad SMARTS) is 2. The molecule has 0 radical (unpaired) electrons. The SMILES string of the molecule is C=CCC1=CC(C(=O)O)C(CC=C)(C(=O)O)C=C1. The highest BCUT2D eigenvalue weighted by Crippen LogP contribution is 2.40. The van der Waals surface area contributed by atoms with Gasteiger partial charge in [-0.1, -0.05) is 30.4 Å². The van der Waals surface area contributed by atoms with Gasteiger partial charge in [-0.2, -0.15) is 0 Å². The molecule has 0 heterocycles. The number of rotatable bonds is 6. The van der Waals surface area contributed by atoms with Gasteiger partial charge in [0.1, 0.15) is 5.41 Å². The van der Waals surface area contributed by atoms with Crippen molar-refractivity contribution < 1.29 is 19.8 Å². The van der Waals surface area contributed by atoms with Crippen LogP contribution in [0.1, 0.15) is 12.8 Å². The Hall–Kier alpha value is -2.10. The Morgan fingerprint density at radius 1 is 1.33 bits per heavy atom. The highest BCUT2D eigenvalue weighted by atomic mass is 16.4. The van der Waals surface area contributed by atoms with Gasteiger partial charge in [0.15, 0.2) is 0 Å². The minimum Gasteiger partial charge on any atom is -0.481 e. The van der Waals surface area contributed by atoms with Crippen LogP contribution < -0.4 is 0 Å². The summed E-state index contributed by atoms with van der Waals surface area (Å²) in [6.45, 7) is 7.08. The molecule has 0 aliphatic heterocycles. The smallest absolute Gasteiger partial charge is 0.315 e. The average molecular weight is 248 g/mol. The molecule has 0 amide bonds. The van der Waals surface area contributed by atoms with E-state index < -0.39 is 23.3 Å². The van der Waals surface area contributed by atoms with Gasteiger partial charge in [-0.25, -0.2) is 0 Å². The predicted molar refractivity (Wildman–Crippen MR) is 68.0 cm³/mol. The molecule has 0 saturated heterocycles. The molecule has 0 saturated carbocycles. The lowest BCUT2D eigenvalue weighted by Gasteiger charge is -2.32. The molecule has 2 unspecified atom stereocenters. The van der Waals surface area contributed by atoms with E-state index >= 15 is 0 Å². The van der Waals surface area contributed by atoms with Crippen LogP contribution in [0.3, 0.4) is 0 Å². The lowest BCUT2D eigenvalue weighted by molar-refractivity contribution is -0.156. The van der Waals surface area contributed by atoms with Gasteiger partial charge in [0.25, 0.3) is 0 Å². The second-order valence-electron chi connectivity index (χ2n) is 4.22. The maximum Gasteiger partial charge on any atom is 0.315 e. The third kappa shape index (κ3) is 2.42. The molecule has 2 atom stereocenters. The Labute approximate surface area is 106 Å². The van der Waals surface area contributed by atoms with Crippen LogP contribution in [0.15, 0.2) is 49.1 Å². The topological polar surface area (TPSA) is 74.6 Å². The third-order valence-electron chi connectivity index (χ3n) is 3.06. The van der Waals surface area contributed by atoms with E-state index in [0.29, 0.717) is 6.42 Å². The molecular formula is C14H16O4. The van der Waals surface area contributed by atoms with Crippen molar-refractivity contribution in [3.63, 3.8) is 0 Å². The summed E-state index contributed by atoms with van der Waals surface area (Å²) < 4.78 is 0. The molecule has 4 heteroatoms. The highest BCUT2D eigenvalue weighted by Gasteiger charge is 2.47. The quantitative estimate of drug-likeness (QED) is 0.708. The van der Waals surface area contributed by atoms with Crippen molar-refractivity contribution in [2.45, 2.75) is 12.8 Å². The lowest BCUT2D eigenvalue weighted by Crippen LogP contribution is -2.41. The molecule has 96 valence electrons. The fraction of sp³-hybridized carbons (Fsp3) is 0.286. The third-order valence-corrected chi connectivity index (χ3v) is 3.06. The summed E-state index contributed by atoms with van der Waals surface area (Å²) in [6.07, 6.45) is 8.27. The van der Waals surface area contributed by atoms with E-state index in [1.54, 1.807) is 12.2 Å². The number of carboxylic acids is 2. The van der Waals surface area contributed by atoms with Gasteiger partial charge in [-0.15, -0.1) is 13.2 Å². The fourth-order valence-electron chi connectivity index (χ4n) is 2.10. The number of aliphatic carboxylic acids is 2. The molecule has 0 bridgehead atoms. The Bertz CT molecular complexity index is 445. The van der Waals surface area contributed by atoms with Gasteiger partial charge < -0.3 is 10.2 Å². The van der Waals surface area contributed by atoms with E-state index in [-0.39, 0.29) is 6.42 Å². The minimum atomic E-state index is -1.45. The van der Waals surface area contributed by atoms with Crippen molar-refractivity contribution >= 4 is 11.9 Å². The molecule has 1 rings (SSSR count). The predicted octanol–water partition coefficient (Wildman–Crippen LogP) is 2.41. The number of hydrogen-bond donors (Lipinski definition) is 2. The summed E-state index contributed by atoms with van der Waals surface area (Å²) in [4.78, 5) is 22.7. The first kappa shape index (κ1) is 14.0. The van der Waals surface area contributed by atoms with E-state index in [4.69, 9.17) is 0 Å². The Morgan fingerprint density at radius 2 is 2.00 bits per heavy atom. The Morgan fingerprint density at radius 3 is 2.44 bits per heavy atom. The second kappa shape index (κ2) is 5.49. The molecule has 0 spiro atoms. The molecule has 0 aromatic heterocycles. The van der Waals surface area contributed by atoms with E-state index in [9.17, 15) is 19.8 Å². The zero-order valence-corrected chi connectivity index (χ0v) is 10.0. The Kier molecular flexibility index (Phi) is 4.26. The molecule has 0 fully saturated rings. The maximum atomic E-state index is 11.4. The van der Waals surface area contributed by atoms with Crippen LogP contribution in [0.4, 0.5) is 0 Å². The summed E-state index contributed by atoms with van der Waals surface area (Å²) in [5, 5.41) is 18.6. The maximum absolute atomic E-state index is 11.4. The van der Waals surface area contributed by atoms with Gasteiger partial charge in [0.2, 0.25) is 0 Å². The second-order valence-corrected chi connectivity index (χ2v) is 4.22. The van der Waals surface area contributed by atoms with Crippen molar-refractivity contribution in [1.82, 2.24) is 0 Å². The van der Waals surface area contributed by atoms with E-state index in [1.165, 1.54) is 18.2 Å². The van der Waals surface area contributed by atoms with E-state index in [1.807, 2.05) is 0 Å². The number of hydrogen-bond acceptors (Lipinski definition) is 2. The summed E-state index contributed by atoms with van der Waals surface area (Å²) in [7, 11) is 0. The van der Waals surface area contributed by atoms with Crippen LogP contribution in [0.25, 0.3) is 0 Å². The van der Waals surface area contributed by atoms with Crippen molar-refractivity contribution in [3.05, 3.63) is 49.1 Å². The number of allylic oxidation sites excluding steroid dienone is 4.